The highest BCUT2D eigenvalue weighted by atomic mass is 16.2. The van der Waals surface area contributed by atoms with Crippen LogP contribution in [0.15, 0.2) is 53.7 Å². The molecule has 28 heavy (non-hydrogen) atoms. The molecule has 5 nitrogen and oxygen atoms in total. The van der Waals surface area contributed by atoms with Crippen LogP contribution in [0.4, 0.5) is 5.69 Å². The summed E-state index contributed by atoms with van der Waals surface area (Å²) in [6.07, 6.45) is 8.57. The normalized spacial score (nSPS) is 22.7. The first-order valence-electron chi connectivity index (χ1n) is 10.3. The monoisotopic (exact) mass is 377 g/mol. The predicted molar refractivity (Wildman–Crippen MR) is 109 cm³/mol. The minimum atomic E-state index is -0.133. The van der Waals surface area contributed by atoms with Gasteiger partial charge in [-0.1, -0.05) is 38.3 Å². The second-order valence-electron chi connectivity index (χ2n) is 8.04. The van der Waals surface area contributed by atoms with E-state index in [1.807, 2.05) is 24.3 Å². The van der Waals surface area contributed by atoms with E-state index in [2.05, 4.69) is 12.2 Å². The molecule has 0 spiro atoms. The van der Waals surface area contributed by atoms with Crippen molar-refractivity contribution in [3.63, 3.8) is 0 Å². The fraction of sp³-hybridized carbons (Fsp3) is 0.435. The maximum Gasteiger partial charge on any atom is 0.263 e. The van der Waals surface area contributed by atoms with Crippen LogP contribution in [0, 0.1) is 11.8 Å². The van der Waals surface area contributed by atoms with Gasteiger partial charge < -0.3 is 5.32 Å². The number of aromatic nitrogens is 1. The minimum absolute atomic E-state index is 0.0393. The molecular weight excluding hydrogens is 350 g/mol. The van der Waals surface area contributed by atoms with Gasteiger partial charge in [0.1, 0.15) is 5.49 Å². The van der Waals surface area contributed by atoms with Crippen LogP contribution in [0.2, 0.25) is 0 Å². The Bertz CT molecular complexity index is 941. The first kappa shape index (κ1) is 18.7. The quantitative estimate of drug-likeness (QED) is 0.875. The van der Waals surface area contributed by atoms with Gasteiger partial charge in [-0.25, -0.2) is 0 Å². The Kier molecular flexibility index (Phi) is 5.42. The predicted octanol–water partition coefficient (Wildman–Crippen LogP) is 4.00. The van der Waals surface area contributed by atoms with Crippen molar-refractivity contribution >= 4 is 17.5 Å². The lowest BCUT2D eigenvalue weighted by Crippen LogP contribution is -2.29. The highest BCUT2D eigenvalue weighted by molar-refractivity contribution is 5.99. The Morgan fingerprint density at radius 3 is 2.61 bits per heavy atom. The zero-order chi connectivity index (χ0) is 19.5. The topological polar surface area (TPSA) is 63.5 Å². The third-order valence-electron chi connectivity index (χ3n) is 5.77. The summed E-state index contributed by atoms with van der Waals surface area (Å²) in [5, 5.41) is 2.94. The molecule has 0 saturated heterocycles. The molecule has 5 heteroatoms. The van der Waals surface area contributed by atoms with Crippen LogP contribution in [0.3, 0.4) is 0 Å². The maximum absolute atomic E-state index is 13.1. The zero-order valence-electron chi connectivity index (χ0n) is 16.3. The molecule has 2 atom stereocenters. The summed E-state index contributed by atoms with van der Waals surface area (Å²) < 4.78 is 1.61. The first-order valence-corrected chi connectivity index (χ1v) is 10.3. The molecule has 1 heterocycles. The van der Waals surface area contributed by atoms with E-state index >= 15 is 0 Å². The third kappa shape index (κ3) is 4.24. The molecule has 1 aromatic carbocycles. The number of anilines is 1. The van der Waals surface area contributed by atoms with Gasteiger partial charge >= 0.3 is 0 Å². The number of carbonyl (C=O) groups excluding carboxylic acids is 2. The van der Waals surface area contributed by atoms with E-state index in [9.17, 15) is 9.59 Å². The van der Waals surface area contributed by atoms with Crippen LogP contribution in [-0.4, -0.2) is 22.4 Å². The Labute approximate surface area is 165 Å². The summed E-state index contributed by atoms with van der Waals surface area (Å²) in [6.45, 7) is 2.08. The molecule has 2 aromatic rings. The van der Waals surface area contributed by atoms with Gasteiger partial charge in [0.05, 0.1) is 6.04 Å². The summed E-state index contributed by atoms with van der Waals surface area (Å²) in [7, 11) is 0. The molecule has 146 valence electrons. The number of hydrogen-bond donors (Lipinski definition) is 1. The maximum atomic E-state index is 13.1. The van der Waals surface area contributed by atoms with E-state index < -0.39 is 0 Å². The van der Waals surface area contributed by atoms with Crippen LogP contribution in [0.1, 0.15) is 55.8 Å². The second-order valence-corrected chi connectivity index (χ2v) is 8.04. The van der Waals surface area contributed by atoms with Gasteiger partial charge in [-0.2, -0.15) is 0 Å². The molecule has 0 aliphatic heterocycles. The van der Waals surface area contributed by atoms with Crippen LogP contribution in [0.5, 0.6) is 0 Å². The summed E-state index contributed by atoms with van der Waals surface area (Å²) in [6, 6.07) is 13.1. The van der Waals surface area contributed by atoms with Gasteiger partial charge in [-0.05, 0) is 55.5 Å². The van der Waals surface area contributed by atoms with Crippen LogP contribution in [-0.2, 0) is 4.79 Å². The molecule has 1 N–H and O–H groups in total. The summed E-state index contributed by atoms with van der Waals surface area (Å²) >= 11 is 0. The number of amides is 1. The molecular formula is C23H27N3O2. The van der Waals surface area contributed by atoms with Crippen molar-refractivity contribution < 1.29 is 9.59 Å². The van der Waals surface area contributed by atoms with Crippen molar-refractivity contribution in [2.24, 2.45) is 16.8 Å². The Morgan fingerprint density at radius 2 is 1.86 bits per heavy atom. The van der Waals surface area contributed by atoms with Crippen LogP contribution in [0.25, 0.3) is 0 Å². The van der Waals surface area contributed by atoms with E-state index in [1.54, 1.807) is 29.0 Å². The van der Waals surface area contributed by atoms with E-state index in [0.29, 0.717) is 28.7 Å². The SMILES string of the molecule is CC1CC1C(=O)Nc1cccc(C(=O)n2ccccc2=NC2CCCCC2)c1. The second kappa shape index (κ2) is 8.13. The molecule has 1 amide bonds. The van der Waals surface area contributed by atoms with Crippen molar-refractivity contribution in [3.05, 3.63) is 59.7 Å². The number of pyridine rings is 1. The Morgan fingerprint density at radius 1 is 1.07 bits per heavy atom. The fourth-order valence-corrected chi connectivity index (χ4v) is 3.90. The van der Waals surface area contributed by atoms with Gasteiger partial charge in [0, 0.05) is 23.4 Å². The largest absolute Gasteiger partial charge is 0.326 e. The summed E-state index contributed by atoms with van der Waals surface area (Å²) in [4.78, 5) is 30.2. The molecule has 2 saturated carbocycles. The number of carbonyl (C=O) groups is 2. The number of nitrogens with zero attached hydrogens (tertiary/aromatic N) is 2. The molecule has 4 rings (SSSR count). The smallest absolute Gasteiger partial charge is 0.263 e. The lowest BCUT2D eigenvalue weighted by atomic mass is 9.96. The van der Waals surface area contributed by atoms with Crippen molar-refractivity contribution in [3.8, 4) is 0 Å². The van der Waals surface area contributed by atoms with Gasteiger partial charge in [0.25, 0.3) is 5.91 Å². The van der Waals surface area contributed by atoms with Gasteiger partial charge in [-0.3, -0.25) is 19.1 Å². The number of rotatable bonds is 4. The fourth-order valence-electron chi connectivity index (χ4n) is 3.90. The lowest BCUT2D eigenvalue weighted by molar-refractivity contribution is -0.117. The minimum Gasteiger partial charge on any atom is -0.326 e. The lowest BCUT2D eigenvalue weighted by Gasteiger charge is -2.17. The van der Waals surface area contributed by atoms with Gasteiger partial charge in [0.15, 0.2) is 0 Å². The Balaban J connectivity index is 1.57. The van der Waals surface area contributed by atoms with Crippen molar-refractivity contribution in [1.29, 1.82) is 0 Å². The van der Waals surface area contributed by atoms with Gasteiger partial charge in [0.2, 0.25) is 5.91 Å². The van der Waals surface area contributed by atoms with Gasteiger partial charge in [-0.15, -0.1) is 0 Å². The van der Waals surface area contributed by atoms with Crippen molar-refractivity contribution in [2.75, 3.05) is 5.32 Å². The van der Waals surface area contributed by atoms with E-state index in [-0.39, 0.29) is 17.7 Å². The first-order chi connectivity index (χ1) is 13.6. The molecule has 2 unspecified atom stereocenters. The summed E-state index contributed by atoms with van der Waals surface area (Å²) in [5.41, 5.74) is 1.90. The highest BCUT2D eigenvalue weighted by Gasteiger charge is 2.39. The van der Waals surface area contributed by atoms with E-state index in [0.717, 1.165) is 19.3 Å². The third-order valence-corrected chi connectivity index (χ3v) is 5.77. The molecule has 1 aromatic heterocycles. The van der Waals surface area contributed by atoms with Crippen LogP contribution >= 0.6 is 0 Å². The molecule has 2 aliphatic rings. The highest BCUT2D eigenvalue weighted by Crippen LogP contribution is 2.38. The summed E-state index contributed by atoms with van der Waals surface area (Å²) in [5.74, 6) is 0.459. The number of nitrogens with one attached hydrogen (secondary N) is 1. The Hall–Kier alpha value is -2.69. The van der Waals surface area contributed by atoms with Crippen molar-refractivity contribution in [1.82, 2.24) is 4.57 Å². The molecule has 2 fully saturated rings. The van der Waals surface area contributed by atoms with Crippen LogP contribution < -0.4 is 10.8 Å². The van der Waals surface area contributed by atoms with Crippen molar-refractivity contribution in [2.45, 2.75) is 51.5 Å². The molecule has 2 aliphatic carbocycles. The molecule has 0 radical (unpaired) electrons. The average molecular weight is 377 g/mol. The average Bonchev–Trinajstić information content (AvgIpc) is 3.46. The number of benzene rings is 1. The number of hydrogen-bond acceptors (Lipinski definition) is 3. The van der Waals surface area contributed by atoms with E-state index in [4.69, 9.17) is 4.99 Å². The standard InChI is InChI=1S/C23H27N3O2/c1-16-14-20(16)22(27)25-19-11-7-8-17(15-19)23(28)26-13-6-5-12-21(26)24-18-9-3-2-4-10-18/h5-8,11-13,15-16,18,20H,2-4,9-10,14H2,1H3,(H,25,27). The zero-order valence-corrected chi connectivity index (χ0v) is 16.3. The van der Waals surface area contributed by atoms with E-state index in [1.165, 1.54) is 19.3 Å². The molecule has 0 bridgehead atoms.